The lowest BCUT2D eigenvalue weighted by molar-refractivity contribution is 0.174. The Morgan fingerprint density at radius 2 is 1.76 bits per heavy atom. The topological polar surface area (TPSA) is 35.6 Å². The van der Waals surface area contributed by atoms with Gasteiger partial charge >= 0.3 is 6.03 Å². The van der Waals surface area contributed by atoms with Gasteiger partial charge in [0.1, 0.15) is 0 Å². The summed E-state index contributed by atoms with van der Waals surface area (Å²) in [5.41, 5.74) is 5.78. The van der Waals surface area contributed by atoms with Crippen LogP contribution in [0.4, 0.5) is 10.5 Å². The van der Waals surface area contributed by atoms with Gasteiger partial charge in [0, 0.05) is 37.8 Å². The van der Waals surface area contributed by atoms with Crippen molar-refractivity contribution < 1.29 is 4.79 Å². The molecule has 2 aliphatic heterocycles. The third-order valence-corrected chi connectivity index (χ3v) is 7.78. The smallest absolute Gasteiger partial charge is 0.321 e. The number of anilines is 1. The normalized spacial score (nSPS) is 18.8. The first-order chi connectivity index (χ1) is 15.8. The van der Waals surface area contributed by atoms with Gasteiger partial charge in [-0.25, -0.2) is 4.79 Å². The summed E-state index contributed by atoms with van der Waals surface area (Å²) in [7, 11) is 0. The van der Waals surface area contributed by atoms with Crippen molar-refractivity contribution in [2.75, 3.05) is 31.5 Å². The van der Waals surface area contributed by atoms with Crippen LogP contribution in [-0.2, 0) is 5.41 Å². The van der Waals surface area contributed by atoms with Gasteiger partial charge in [0.15, 0.2) is 0 Å². The minimum absolute atomic E-state index is 0.0597. The maximum Gasteiger partial charge on any atom is 0.321 e. The van der Waals surface area contributed by atoms with Gasteiger partial charge < -0.3 is 10.2 Å². The van der Waals surface area contributed by atoms with Crippen molar-refractivity contribution in [3.63, 3.8) is 0 Å². The predicted octanol–water partition coefficient (Wildman–Crippen LogP) is 6.73. The van der Waals surface area contributed by atoms with Crippen molar-refractivity contribution in [2.24, 2.45) is 0 Å². The van der Waals surface area contributed by atoms with Crippen LogP contribution in [0.2, 0.25) is 5.02 Å². The number of rotatable bonds is 4. The van der Waals surface area contributed by atoms with E-state index in [2.05, 4.69) is 74.3 Å². The number of amides is 2. The Hall–Kier alpha value is -2.30. The van der Waals surface area contributed by atoms with Crippen molar-refractivity contribution in [3.8, 4) is 0 Å². The second-order valence-electron chi connectivity index (χ2n) is 10.1. The number of benzene rings is 2. The molecule has 0 atom stereocenters. The minimum Gasteiger partial charge on any atom is -0.324 e. The van der Waals surface area contributed by atoms with E-state index in [1.807, 2.05) is 17.0 Å². The van der Waals surface area contributed by atoms with E-state index in [1.165, 1.54) is 16.7 Å². The Morgan fingerprint density at radius 1 is 1.06 bits per heavy atom. The number of hydrogen-bond donors (Lipinski definition) is 1. The molecule has 0 radical (unpaired) electrons. The van der Waals surface area contributed by atoms with Gasteiger partial charge in [0.2, 0.25) is 0 Å². The van der Waals surface area contributed by atoms with Crippen LogP contribution in [0.5, 0.6) is 0 Å². The van der Waals surface area contributed by atoms with Crippen LogP contribution in [0.1, 0.15) is 56.7 Å². The van der Waals surface area contributed by atoms with Crippen molar-refractivity contribution >= 4 is 28.9 Å². The molecule has 2 aliphatic rings. The molecule has 5 heteroatoms. The largest absolute Gasteiger partial charge is 0.324 e. The van der Waals surface area contributed by atoms with Crippen LogP contribution in [0.3, 0.4) is 0 Å². The molecule has 0 bridgehead atoms. The zero-order valence-electron chi connectivity index (χ0n) is 20.3. The number of carbonyl (C=O) groups is 1. The lowest BCUT2D eigenvalue weighted by Gasteiger charge is -2.40. The molecule has 4 nitrogen and oxygen atoms in total. The number of aryl methyl sites for hydroxylation is 1. The maximum absolute atomic E-state index is 13.2. The average molecular weight is 466 g/mol. The SMILES string of the molecule is Cc1ccc(C2(C)CCN(C(=O)Nc3c(Cl)cccc3C3=CCN(C(C)C)CC3)CC2)cc1. The van der Waals surface area contributed by atoms with Crippen LogP contribution >= 0.6 is 11.6 Å². The molecule has 0 unspecified atom stereocenters. The molecular weight excluding hydrogens is 430 g/mol. The first-order valence-corrected chi connectivity index (χ1v) is 12.5. The molecule has 0 saturated carbocycles. The van der Waals surface area contributed by atoms with E-state index in [-0.39, 0.29) is 11.4 Å². The minimum atomic E-state index is -0.0597. The standard InChI is InChI=1S/C28H36ClN3O/c1-20(2)31-16-12-22(13-17-31)24-6-5-7-25(29)26(24)30-27(33)32-18-14-28(4,15-19-32)23-10-8-21(3)9-11-23/h5-12,20H,13-19H2,1-4H3,(H,30,33). The number of urea groups is 1. The molecule has 176 valence electrons. The average Bonchev–Trinajstić information content (AvgIpc) is 2.81. The fourth-order valence-electron chi connectivity index (χ4n) is 4.95. The summed E-state index contributed by atoms with van der Waals surface area (Å²) >= 11 is 6.58. The third kappa shape index (κ3) is 5.28. The zero-order valence-corrected chi connectivity index (χ0v) is 21.1. The molecule has 2 heterocycles. The molecule has 4 rings (SSSR count). The molecular formula is C28H36ClN3O. The summed E-state index contributed by atoms with van der Waals surface area (Å²) < 4.78 is 0. The number of carbonyl (C=O) groups excluding carboxylic acids is 1. The summed E-state index contributed by atoms with van der Waals surface area (Å²) in [6, 6.07) is 15.2. The Balaban J connectivity index is 1.45. The molecule has 33 heavy (non-hydrogen) atoms. The van der Waals surface area contributed by atoms with Gasteiger partial charge in [-0.2, -0.15) is 0 Å². The number of likely N-dealkylation sites (tertiary alicyclic amines) is 1. The predicted molar refractivity (Wildman–Crippen MR) is 139 cm³/mol. The summed E-state index contributed by atoms with van der Waals surface area (Å²) in [6.45, 7) is 12.3. The van der Waals surface area contributed by atoms with Crippen LogP contribution in [0.25, 0.3) is 5.57 Å². The van der Waals surface area contributed by atoms with Crippen molar-refractivity contribution in [1.29, 1.82) is 0 Å². The molecule has 1 fully saturated rings. The Labute approximate surface area is 203 Å². The summed E-state index contributed by atoms with van der Waals surface area (Å²) in [4.78, 5) is 17.6. The Kier molecular flexibility index (Phi) is 7.16. The van der Waals surface area contributed by atoms with Gasteiger partial charge in [0.25, 0.3) is 0 Å². The van der Waals surface area contributed by atoms with Crippen molar-refractivity contribution in [2.45, 2.75) is 58.4 Å². The zero-order chi connectivity index (χ0) is 23.6. The molecule has 2 amide bonds. The van der Waals surface area contributed by atoms with E-state index in [0.717, 1.165) is 56.7 Å². The lowest BCUT2D eigenvalue weighted by Crippen LogP contribution is -2.45. The van der Waals surface area contributed by atoms with Gasteiger partial charge in [0.05, 0.1) is 10.7 Å². The molecule has 1 N–H and O–H groups in total. The van der Waals surface area contributed by atoms with Crippen LogP contribution in [0.15, 0.2) is 48.5 Å². The number of nitrogens with zero attached hydrogens (tertiary/aromatic N) is 2. The quantitative estimate of drug-likeness (QED) is 0.543. The third-order valence-electron chi connectivity index (χ3n) is 7.47. The summed E-state index contributed by atoms with van der Waals surface area (Å²) in [5.74, 6) is 0. The molecule has 0 aliphatic carbocycles. The van der Waals surface area contributed by atoms with Crippen molar-refractivity contribution in [3.05, 3.63) is 70.3 Å². The van der Waals surface area contributed by atoms with E-state index in [9.17, 15) is 4.79 Å². The number of piperidine rings is 1. The van der Waals surface area contributed by atoms with E-state index in [1.54, 1.807) is 0 Å². The number of nitrogens with one attached hydrogen (secondary N) is 1. The highest BCUT2D eigenvalue weighted by atomic mass is 35.5. The van der Waals surface area contributed by atoms with Crippen LogP contribution in [-0.4, -0.2) is 48.1 Å². The fourth-order valence-corrected chi connectivity index (χ4v) is 5.17. The number of para-hydroxylation sites is 1. The van der Waals surface area contributed by atoms with Gasteiger partial charge in [-0.3, -0.25) is 4.90 Å². The number of hydrogen-bond acceptors (Lipinski definition) is 2. The first-order valence-electron chi connectivity index (χ1n) is 12.1. The van der Waals surface area contributed by atoms with Crippen LogP contribution in [0, 0.1) is 6.92 Å². The van der Waals surface area contributed by atoms with E-state index in [4.69, 9.17) is 11.6 Å². The fraction of sp³-hybridized carbons (Fsp3) is 0.464. The van der Waals surface area contributed by atoms with Gasteiger partial charge in [-0.15, -0.1) is 0 Å². The van der Waals surface area contributed by atoms with E-state index >= 15 is 0 Å². The first kappa shape index (κ1) is 23.8. The highest BCUT2D eigenvalue weighted by Crippen LogP contribution is 2.37. The molecule has 2 aromatic rings. The highest BCUT2D eigenvalue weighted by molar-refractivity contribution is 6.34. The monoisotopic (exact) mass is 465 g/mol. The second kappa shape index (κ2) is 9.90. The van der Waals surface area contributed by atoms with E-state index in [0.29, 0.717) is 11.1 Å². The Morgan fingerprint density at radius 3 is 2.36 bits per heavy atom. The van der Waals surface area contributed by atoms with E-state index < -0.39 is 0 Å². The second-order valence-corrected chi connectivity index (χ2v) is 10.5. The molecule has 2 aromatic carbocycles. The molecule has 0 spiro atoms. The summed E-state index contributed by atoms with van der Waals surface area (Å²) in [6.07, 6.45) is 5.14. The molecule has 0 aromatic heterocycles. The highest BCUT2D eigenvalue weighted by Gasteiger charge is 2.33. The van der Waals surface area contributed by atoms with Gasteiger partial charge in [-0.05, 0) is 62.7 Å². The Bertz CT molecular complexity index is 1020. The lowest BCUT2D eigenvalue weighted by atomic mass is 9.74. The number of halogens is 1. The van der Waals surface area contributed by atoms with Gasteiger partial charge in [-0.1, -0.05) is 66.6 Å². The van der Waals surface area contributed by atoms with Crippen molar-refractivity contribution in [1.82, 2.24) is 9.80 Å². The molecule has 1 saturated heterocycles. The maximum atomic E-state index is 13.2. The summed E-state index contributed by atoms with van der Waals surface area (Å²) in [5, 5.41) is 3.75. The van der Waals surface area contributed by atoms with Crippen LogP contribution < -0.4 is 5.32 Å².